The lowest BCUT2D eigenvalue weighted by Crippen LogP contribution is -2.30. The van der Waals surface area contributed by atoms with Crippen molar-refractivity contribution >= 4 is 35.1 Å². The summed E-state index contributed by atoms with van der Waals surface area (Å²) in [5.41, 5.74) is 2.92. The molecule has 0 aliphatic heterocycles. The second-order valence-corrected chi connectivity index (χ2v) is 7.04. The van der Waals surface area contributed by atoms with Gasteiger partial charge in [-0.3, -0.25) is 14.4 Å². The number of hydrogen-bond acceptors (Lipinski definition) is 5. The summed E-state index contributed by atoms with van der Waals surface area (Å²) in [6.07, 6.45) is 2.30. The van der Waals surface area contributed by atoms with Crippen molar-refractivity contribution in [3.05, 3.63) is 29.3 Å². The predicted octanol–water partition coefficient (Wildman–Crippen LogP) is 3.03. The van der Waals surface area contributed by atoms with Crippen molar-refractivity contribution in [1.29, 1.82) is 0 Å². The highest BCUT2D eigenvalue weighted by molar-refractivity contribution is 8.00. The molecule has 0 unspecified atom stereocenters. The molecule has 6 heteroatoms. The molecule has 2 rings (SSSR count). The highest BCUT2D eigenvalue weighted by Crippen LogP contribution is 2.19. The van der Waals surface area contributed by atoms with Gasteiger partial charge in [-0.1, -0.05) is 17.7 Å². The summed E-state index contributed by atoms with van der Waals surface area (Å²) in [6.45, 7) is 3.94. The number of aryl methyl sites for hydroxylation is 2. The summed E-state index contributed by atoms with van der Waals surface area (Å²) in [7, 11) is 0. The van der Waals surface area contributed by atoms with Crippen LogP contribution in [-0.2, 0) is 19.1 Å². The molecule has 1 aromatic carbocycles. The number of amides is 1. The summed E-state index contributed by atoms with van der Waals surface area (Å²) < 4.78 is 5.19. The fourth-order valence-electron chi connectivity index (χ4n) is 2.64. The number of ether oxygens (including phenoxy) is 1. The normalized spacial score (nSPS) is 17.4. The average molecular weight is 349 g/mol. The third-order valence-electron chi connectivity index (χ3n) is 3.88. The summed E-state index contributed by atoms with van der Waals surface area (Å²) >= 11 is 1.19. The molecule has 0 aromatic heterocycles. The molecule has 1 aliphatic rings. The SMILES string of the molecule is Cc1ccc(NC(=O)CSCC(=O)O[C@@H]2CCCCC2=O)c(C)c1. The molecule has 0 saturated heterocycles. The van der Waals surface area contributed by atoms with E-state index in [1.54, 1.807) is 0 Å². The van der Waals surface area contributed by atoms with Crippen LogP contribution in [0.1, 0.15) is 36.8 Å². The zero-order chi connectivity index (χ0) is 17.5. The molecule has 1 aromatic rings. The summed E-state index contributed by atoms with van der Waals surface area (Å²) in [5, 5.41) is 2.83. The van der Waals surface area contributed by atoms with E-state index in [-0.39, 0.29) is 23.2 Å². The molecule has 0 heterocycles. The van der Waals surface area contributed by atoms with Gasteiger partial charge in [0.25, 0.3) is 0 Å². The van der Waals surface area contributed by atoms with Crippen molar-refractivity contribution in [2.75, 3.05) is 16.8 Å². The van der Waals surface area contributed by atoms with Gasteiger partial charge in [-0.05, 0) is 44.7 Å². The van der Waals surface area contributed by atoms with Crippen LogP contribution >= 0.6 is 11.8 Å². The van der Waals surface area contributed by atoms with Crippen LogP contribution in [0.4, 0.5) is 5.69 Å². The molecular formula is C18H23NO4S. The second kappa shape index (κ2) is 8.87. The molecular weight excluding hydrogens is 326 g/mol. The highest BCUT2D eigenvalue weighted by Gasteiger charge is 2.25. The maximum atomic E-state index is 11.9. The van der Waals surface area contributed by atoms with E-state index in [1.165, 1.54) is 11.8 Å². The zero-order valence-corrected chi connectivity index (χ0v) is 14.9. The summed E-state index contributed by atoms with van der Waals surface area (Å²) in [6, 6.07) is 5.81. The van der Waals surface area contributed by atoms with Crippen LogP contribution in [0.2, 0.25) is 0 Å². The molecule has 0 radical (unpaired) electrons. The zero-order valence-electron chi connectivity index (χ0n) is 14.1. The number of carbonyl (C=O) groups excluding carboxylic acids is 3. The molecule has 1 amide bonds. The van der Waals surface area contributed by atoms with Crippen molar-refractivity contribution in [2.45, 2.75) is 45.6 Å². The van der Waals surface area contributed by atoms with Gasteiger partial charge in [-0.25, -0.2) is 0 Å². The fraction of sp³-hybridized carbons (Fsp3) is 0.500. The first-order valence-corrected chi connectivity index (χ1v) is 9.28. The number of anilines is 1. The molecule has 0 bridgehead atoms. The molecule has 1 aliphatic carbocycles. The first kappa shape index (κ1) is 18.5. The van der Waals surface area contributed by atoms with Crippen molar-refractivity contribution in [3.8, 4) is 0 Å². The number of Topliss-reactive ketones (excluding diaryl/α,β-unsaturated/α-hetero) is 1. The minimum absolute atomic E-state index is 0.00666. The van der Waals surface area contributed by atoms with Gasteiger partial charge >= 0.3 is 5.97 Å². The van der Waals surface area contributed by atoms with Crippen LogP contribution in [0.25, 0.3) is 0 Å². The van der Waals surface area contributed by atoms with E-state index >= 15 is 0 Å². The average Bonchev–Trinajstić information content (AvgIpc) is 2.52. The Morgan fingerprint density at radius 2 is 2.04 bits per heavy atom. The maximum Gasteiger partial charge on any atom is 0.316 e. The Balaban J connectivity index is 1.70. The van der Waals surface area contributed by atoms with Gasteiger partial charge in [0.15, 0.2) is 11.9 Å². The maximum absolute atomic E-state index is 11.9. The summed E-state index contributed by atoms with van der Waals surface area (Å²) in [4.78, 5) is 35.3. The lowest BCUT2D eigenvalue weighted by atomic mass is 9.96. The number of esters is 1. The minimum atomic E-state index is -0.587. The van der Waals surface area contributed by atoms with Crippen LogP contribution in [0.5, 0.6) is 0 Å². The van der Waals surface area contributed by atoms with Gasteiger partial charge in [-0.2, -0.15) is 0 Å². The monoisotopic (exact) mass is 349 g/mol. The Kier molecular flexibility index (Phi) is 6.85. The van der Waals surface area contributed by atoms with Crippen LogP contribution in [0.3, 0.4) is 0 Å². The van der Waals surface area contributed by atoms with Gasteiger partial charge in [-0.15, -0.1) is 11.8 Å². The Bertz CT molecular complexity index is 629. The smallest absolute Gasteiger partial charge is 0.316 e. The van der Waals surface area contributed by atoms with E-state index < -0.39 is 12.1 Å². The van der Waals surface area contributed by atoms with Crippen LogP contribution in [0, 0.1) is 13.8 Å². The predicted molar refractivity (Wildman–Crippen MR) is 95.2 cm³/mol. The molecule has 1 saturated carbocycles. The van der Waals surface area contributed by atoms with E-state index in [9.17, 15) is 14.4 Å². The molecule has 1 N–H and O–H groups in total. The number of carbonyl (C=O) groups is 3. The second-order valence-electron chi connectivity index (χ2n) is 6.05. The topological polar surface area (TPSA) is 72.5 Å². The van der Waals surface area contributed by atoms with E-state index in [4.69, 9.17) is 4.74 Å². The lowest BCUT2D eigenvalue weighted by Gasteiger charge is -2.20. The number of hydrogen-bond donors (Lipinski definition) is 1. The number of benzene rings is 1. The van der Waals surface area contributed by atoms with E-state index in [0.717, 1.165) is 29.7 Å². The highest BCUT2D eigenvalue weighted by atomic mass is 32.2. The van der Waals surface area contributed by atoms with Crippen LogP contribution < -0.4 is 5.32 Å². The Hall–Kier alpha value is -1.82. The standard InChI is InChI=1S/C18H23NO4S/c1-12-7-8-14(13(2)9-12)19-17(21)10-24-11-18(22)23-16-6-4-3-5-15(16)20/h7-9,16H,3-6,10-11H2,1-2H3,(H,19,21)/t16-/m1/s1. The number of rotatable bonds is 6. The molecule has 130 valence electrons. The number of nitrogens with one attached hydrogen (secondary N) is 1. The van der Waals surface area contributed by atoms with E-state index in [0.29, 0.717) is 12.8 Å². The van der Waals surface area contributed by atoms with E-state index in [1.807, 2.05) is 32.0 Å². The van der Waals surface area contributed by atoms with Gasteiger partial charge in [0.05, 0.1) is 11.5 Å². The Labute approximate surface area is 146 Å². The van der Waals surface area contributed by atoms with Gasteiger partial charge < -0.3 is 10.1 Å². The summed E-state index contributed by atoms with van der Waals surface area (Å²) in [5.74, 6) is -0.342. The molecule has 1 atom stereocenters. The molecule has 1 fully saturated rings. The number of ketones is 1. The van der Waals surface area contributed by atoms with Crippen molar-refractivity contribution in [1.82, 2.24) is 0 Å². The van der Waals surface area contributed by atoms with E-state index in [2.05, 4.69) is 5.32 Å². The molecule has 0 spiro atoms. The lowest BCUT2D eigenvalue weighted by molar-refractivity contribution is -0.154. The third kappa shape index (κ3) is 5.67. The molecule has 24 heavy (non-hydrogen) atoms. The van der Waals surface area contributed by atoms with Crippen LogP contribution in [0.15, 0.2) is 18.2 Å². The quantitative estimate of drug-likeness (QED) is 0.799. The van der Waals surface area contributed by atoms with Crippen molar-refractivity contribution in [3.63, 3.8) is 0 Å². The largest absolute Gasteiger partial charge is 0.454 e. The first-order valence-electron chi connectivity index (χ1n) is 8.13. The third-order valence-corrected chi connectivity index (χ3v) is 4.79. The number of thioether (sulfide) groups is 1. The molecule has 5 nitrogen and oxygen atoms in total. The Morgan fingerprint density at radius 3 is 2.75 bits per heavy atom. The van der Waals surface area contributed by atoms with Crippen molar-refractivity contribution < 1.29 is 19.1 Å². The van der Waals surface area contributed by atoms with Crippen molar-refractivity contribution in [2.24, 2.45) is 0 Å². The van der Waals surface area contributed by atoms with Gasteiger partial charge in [0, 0.05) is 12.1 Å². The van der Waals surface area contributed by atoms with Gasteiger partial charge in [0.2, 0.25) is 5.91 Å². The minimum Gasteiger partial charge on any atom is -0.454 e. The van der Waals surface area contributed by atoms with Crippen LogP contribution in [-0.4, -0.2) is 35.3 Å². The first-order chi connectivity index (χ1) is 11.5. The van der Waals surface area contributed by atoms with Gasteiger partial charge in [0.1, 0.15) is 0 Å². The fourth-order valence-corrected chi connectivity index (χ4v) is 3.23. The Morgan fingerprint density at radius 1 is 1.25 bits per heavy atom.